The van der Waals surface area contributed by atoms with Crippen LogP contribution in [0.25, 0.3) is 0 Å². The van der Waals surface area contributed by atoms with E-state index in [1.54, 1.807) is 13.1 Å². The number of nitrogens with zero attached hydrogens (tertiary/aromatic N) is 1. The van der Waals surface area contributed by atoms with Gasteiger partial charge in [0.2, 0.25) is 0 Å². The van der Waals surface area contributed by atoms with E-state index in [1.165, 1.54) is 6.92 Å². The van der Waals surface area contributed by atoms with Gasteiger partial charge in [-0.25, -0.2) is 4.98 Å². The molecule has 0 bridgehead atoms. The van der Waals surface area contributed by atoms with Crippen LogP contribution in [0.4, 0.5) is 18.9 Å². The highest BCUT2D eigenvalue weighted by molar-refractivity contribution is 5.45. The van der Waals surface area contributed by atoms with Gasteiger partial charge in [-0.15, -0.1) is 0 Å². The molecule has 1 heterocycles. The largest absolute Gasteiger partial charge is 0.433 e. The smallest absolute Gasteiger partial charge is 0.388 e. The molecule has 1 rings (SSSR count). The van der Waals surface area contributed by atoms with Crippen LogP contribution in [0.5, 0.6) is 0 Å². The van der Waals surface area contributed by atoms with Gasteiger partial charge in [0.25, 0.3) is 0 Å². The van der Waals surface area contributed by atoms with Crippen molar-refractivity contribution in [2.24, 2.45) is 0 Å². The number of nitrogens with one attached hydrogen (secondary N) is 1. The van der Waals surface area contributed by atoms with Gasteiger partial charge in [0, 0.05) is 18.4 Å². The molecule has 0 atom stereocenters. The lowest BCUT2D eigenvalue weighted by molar-refractivity contribution is -0.141. The second kappa shape index (κ2) is 3.24. The van der Waals surface area contributed by atoms with E-state index in [2.05, 4.69) is 10.3 Å². The van der Waals surface area contributed by atoms with Gasteiger partial charge in [-0.1, -0.05) is 0 Å². The Morgan fingerprint density at radius 2 is 1.92 bits per heavy atom. The van der Waals surface area contributed by atoms with Crippen molar-refractivity contribution in [1.82, 2.24) is 4.98 Å². The number of aromatic nitrogens is 1. The van der Waals surface area contributed by atoms with Crippen molar-refractivity contribution < 1.29 is 13.2 Å². The van der Waals surface area contributed by atoms with E-state index in [-0.39, 0.29) is 0 Å². The lowest BCUT2D eigenvalue weighted by atomic mass is 10.2. The fourth-order valence-electron chi connectivity index (χ4n) is 0.958. The molecule has 0 aliphatic heterocycles. The predicted octanol–water partition coefficient (Wildman–Crippen LogP) is 2.45. The average molecular weight is 190 g/mol. The first-order chi connectivity index (χ1) is 5.93. The van der Waals surface area contributed by atoms with Gasteiger partial charge in [-0.3, -0.25) is 0 Å². The Hall–Kier alpha value is -1.26. The molecule has 72 valence electrons. The Kier molecular flexibility index (Phi) is 2.45. The molecule has 0 saturated heterocycles. The second-order valence-corrected chi connectivity index (χ2v) is 2.63. The van der Waals surface area contributed by atoms with Crippen molar-refractivity contribution >= 4 is 5.69 Å². The summed E-state index contributed by atoms with van der Waals surface area (Å²) in [4.78, 5) is 3.39. The summed E-state index contributed by atoms with van der Waals surface area (Å²) in [5.74, 6) is 0. The second-order valence-electron chi connectivity index (χ2n) is 2.63. The van der Waals surface area contributed by atoms with Crippen molar-refractivity contribution in [2.75, 3.05) is 12.4 Å². The first-order valence-electron chi connectivity index (χ1n) is 3.67. The summed E-state index contributed by atoms with van der Waals surface area (Å²) in [5.41, 5.74) is -0.101. The molecular formula is C8H9F3N2. The standard InChI is InChI=1S/C8H9F3N2/c1-5-3-6(12-2)4-7(13-5)8(9,10)11/h3-4H,1-2H3,(H,12,13). The number of halogens is 3. The molecular weight excluding hydrogens is 181 g/mol. The summed E-state index contributed by atoms with van der Waals surface area (Å²) in [6, 6.07) is 2.53. The minimum atomic E-state index is -4.38. The van der Waals surface area contributed by atoms with Crippen LogP contribution in [0, 0.1) is 6.92 Å². The van der Waals surface area contributed by atoms with Gasteiger partial charge in [0.15, 0.2) is 0 Å². The van der Waals surface area contributed by atoms with Crippen LogP contribution in [-0.2, 0) is 6.18 Å². The zero-order valence-electron chi connectivity index (χ0n) is 7.24. The van der Waals surface area contributed by atoms with E-state index in [4.69, 9.17) is 0 Å². The SMILES string of the molecule is CNc1cc(C)nc(C(F)(F)F)c1. The highest BCUT2D eigenvalue weighted by Crippen LogP contribution is 2.29. The molecule has 0 spiro atoms. The lowest BCUT2D eigenvalue weighted by Crippen LogP contribution is -2.09. The number of aryl methyl sites for hydroxylation is 1. The molecule has 0 aliphatic carbocycles. The molecule has 1 aromatic heterocycles. The minimum Gasteiger partial charge on any atom is -0.388 e. The van der Waals surface area contributed by atoms with E-state index >= 15 is 0 Å². The topological polar surface area (TPSA) is 24.9 Å². The van der Waals surface area contributed by atoms with Gasteiger partial charge >= 0.3 is 6.18 Å². The third-order valence-corrected chi connectivity index (χ3v) is 1.53. The summed E-state index contributed by atoms with van der Waals surface area (Å²) in [7, 11) is 1.56. The van der Waals surface area contributed by atoms with E-state index in [9.17, 15) is 13.2 Å². The van der Waals surface area contributed by atoms with E-state index < -0.39 is 11.9 Å². The van der Waals surface area contributed by atoms with E-state index in [1.807, 2.05) is 0 Å². The van der Waals surface area contributed by atoms with Crippen molar-refractivity contribution in [1.29, 1.82) is 0 Å². The van der Waals surface area contributed by atoms with Gasteiger partial charge in [-0.2, -0.15) is 13.2 Å². The van der Waals surface area contributed by atoms with Crippen molar-refractivity contribution in [2.45, 2.75) is 13.1 Å². The highest BCUT2D eigenvalue weighted by atomic mass is 19.4. The molecule has 0 saturated carbocycles. The number of anilines is 1. The summed E-state index contributed by atoms with van der Waals surface area (Å²) < 4.78 is 36.6. The van der Waals surface area contributed by atoms with Gasteiger partial charge < -0.3 is 5.32 Å². The first-order valence-corrected chi connectivity index (χ1v) is 3.67. The fourth-order valence-corrected chi connectivity index (χ4v) is 0.958. The third-order valence-electron chi connectivity index (χ3n) is 1.53. The van der Waals surface area contributed by atoms with Gasteiger partial charge in [0.05, 0.1) is 0 Å². The number of pyridine rings is 1. The lowest BCUT2D eigenvalue weighted by Gasteiger charge is -2.08. The van der Waals surface area contributed by atoms with Gasteiger partial charge in [0.1, 0.15) is 5.69 Å². The van der Waals surface area contributed by atoms with Crippen LogP contribution >= 0.6 is 0 Å². The number of alkyl halides is 3. The van der Waals surface area contributed by atoms with Crippen LogP contribution in [0.3, 0.4) is 0 Å². The monoisotopic (exact) mass is 190 g/mol. The summed E-state index contributed by atoms with van der Waals surface area (Å²) in [6.07, 6.45) is -4.38. The molecule has 0 amide bonds. The molecule has 0 aliphatic rings. The minimum absolute atomic E-state index is 0.346. The van der Waals surface area contributed by atoms with Crippen LogP contribution in [-0.4, -0.2) is 12.0 Å². The highest BCUT2D eigenvalue weighted by Gasteiger charge is 2.32. The van der Waals surface area contributed by atoms with Gasteiger partial charge in [-0.05, 0) is 19.1 Å². The zero-order valence-corrected chi connectivity index (χ0v) is 7.24. The molecule has 2 nitrogen and oxygen atoms in total. The summed E-state index contributed by atoms with van der Waals surface area (Å²) >= 11 is 0. The maximum atomic E-state index is 12.2. The van der Waals surface area contributed by atoms with Crippen LogP contribution in [0.15, 0.2) is 12.1 Å². The Labute approximate surface area is 73.8 Å². The Morgan fingerprint density at radius 3 is 2.38 bits per heavy atom. The molecule has 0 fully saturated rings. The molecule has 0 unspecified atom stereocenters. The Balaban J connectivity index is 3.16. The van der Waals surface area contributed by atoms with Crippen molar-refractivity contribution in [3.8, 4) is 0 Å². The Bertz CT molecular complexity index is 307. The summed E-state index contributed by atoms with van der Waals surface area (Å²) in [6.45, 7) is 1.52. The van der Waals surface area contributed by atoms with Crippen LogP contribution in [0.2, 0.25) is 0 Å². The molecule has 1 aromatic rings. The van der Waals surface area contributed by atoms with E-state index in [0.29, 0.717) is 11.4 Å². The quantitative estimate of drug-likeness (QED) is 0.735. The van der Waals surface area contributed by atoms with E-state index in [0.717, 1.165) is 6.07 Å². The first kappa shape index (κ1) is 9.83. The number of hydrogen-bond donors (Lipinski definition) is 1. The molecule has 13 heavy (non-hydrogen) atoms. The summed E-state index contributed by atoms with van der Waals surface area (Å²) in [5, 5.41) is 2.64. The Morgan fingerprint density at radius 1 is 1.31 bits per heavy atom. The predicted molar refractivity (Wildman–Crippen MR) is 43.5 cm³/mol. The zero-order chi connectivity index (χ0) is 10.1. The molecule has 0 aromatic carbocycles. The van der Waals surface area contributed by atoms with Crippen molar-refractivity contribution in [3.05, 3.63) is 23.5 Å². The fraction of sp³-hybridized carbons (Fsp3) is 0.375. The number of rotatable bonds is 1. The molecule has 0 radical (unpaired) electrons. The number of hydrogen-bond acceptors (Lipinski definition) is 2. The molecule has 1 N–H and O–H groups in total. The average Bonchev–Trinajstić information content (AvgIpc) is 2.01. The third kappa shape index (κ3) is 2.34. The van der Waals surface area contributed by atoms with Crippen LogP contribution < -0.4 is 5.32 Å². The molecule has 5 heteroatoms. The van der Waals surface area contributed by atoms with Crippen molar-refractivity contribution in [3.63, 3.8) is 0 Å². The van der Waals surface area contributed by atoms with Crippen LogP contribution in [0.1, 0.15) is 11.4 Å². The normalized spacial score (nSPS) is 11.5. The maximum Gasteiger partial charge on any atom is 0.433 e. The maximum absolute atomic E-state index is 12.2.